The number of halogens is 4. The van der Waals surface area contributed by atoms with Crippen molar-refractivity contribution in [1.82, 2.24) is 0 Å². The van der Waals surface area contributed by atoms with Gasteiger partial charge in [0.2, 0.25) is 0 Å². The second-order valence-electron chi connectivity index (χ2n) is 1.83. The third-order valence-electron chi connectivity index (χ3n) is 0.667. The second-order valence-corrected chi connectivity index (χ2v) is 1.83. The van der Waals surface area contributed by atoms with Crippen LogP contribution in [0.3, 0.4) is 0 Å². The van der Waals surface area contributed by atoms with Gasteiger partial charge in [0.25, 0.3) is 0 Å². The smallest absolute Gasteiger partial charge is 0.418 e. The first kappa shape index (κ1) is 13.8. The summed E-state index contributed by atoms with van der Waals surface area (Å²) in [4.78, 5) is 0. The van der Waals surface area contributed by atoms with E-state index in [1.54, 1.807) is 0 Å². The van der Waals surface area contributed by atoms with E-state index in [-0.39, 0.29) is 0 Å². The van der Waals surface area contributed by atoms with Gasteiger partial charge in [0.1, 0.15) is 0 Å². The van der Waals surface area contributed by atoms with E-state index in [0.29, 0.717) is 0 Å². The number of rotatable bonds is 4. The third kappa shape index (κ3) is 60.0. The van der Waals surface area contributed by atoms with E-state index in [9.17, 15) is 17.3 Å². The van der Waals surface area contributed by atoms with Crippen molar-refractivity contribution in [1.29, 1.82) is 0 Å². The summed E-state index contributed by atoms with van der Waals surface area (Å²) in [5, 5.41) is 2.12. The predicted molar refractivity (Wildman–Crippen MR) is 42.2 cm³/mol. The summed E-state index contributed by atoms with van der Waals surface area (Å²) >= 11 is 0. The van der Waals surface area contributed by atoms with Crippen LogP contribution in [0.1, 0.15) is 0 Å². The molecule has 0 unspecified atom stereocenters. The first-order chi connectivity index (χ1) is 5.41. The van der Waals surface area contributed by atoms with Crippen LogP contribution in [0.5, 0.6) is 0 Å². The Hall–Kier alpha value is -0.775. The van der Waals surface area contributed by atoms with E-state index in [1.165, 1.54) is 0 Å². The van der Waals surface area contributed by atoms with Gasteiger partial charge in [-0.1, -0.05) is 13.2 Å². The summed E-state index contributed by atoms with van der Waals surface area (Å²) in [5.41, 5.74) is 0. The predicted octanol–water partition coefficient (Wildman–Crippen LogP) is 1.22. The normalized spacial score (nSPS) is 9.67. The lowest BCUT2D eigenvalue weighted by Crippen LogP contribution is -2.83. The van der Waals surface area contributed by atoms with Gasteiger partial charge >= 0.3 is 7.25 Å². The van der Waals surface area contributed by atoms with Crippen molar-refractivity contribution in [3.63, 3.8) is 0 Å². The van der Waals surface area contributed by atoms with Crippen LogP contribution >= 0.6 is 0 Å². The summed E-state index contributed by atoms with van der Waals surface area (Å²) in [6, 6.07) is 0. The Morgan fingerprint density at radius 2 is 1.25 bits per heavy atom. The number of quaternary nitrogens is 1. The zero-order valence-electron chi connectivity index (χ0n) is 6.65. The van der Waals surface area contributed by atoms with E-state index in [4.69, 9.17) is 0 Å². The van der Waals surface area contributed by atoms with Gasteiger partial charge in [0, 0.05) is 0 Å². The molecule has 0 saturated heterocycles. The van der Waals surface area contributed by atoms with Gasteiger partial charge in [-0.25, -0.2) is 0 Å². The Labute approximate surface area is 69.3 Å². The molecule has 0 radical (unpaired) electrons. The monoisotopic (exact) mass is 185 g/mol. The first-order valence-corrected chi connectivity index (χ1v) is 3.32. The summed E-state index contributed by atoms with van der Waals surface area (Å²) in [6.07, 6.45) is 3.76. The molecule has 0 aromatic carbocycles. The van der Waals surface area contributed by atoms with Crippen molar-refractivity contribution in [2.24, 2.45) is 0 Å². The van der Waals surface area contributed by atoms with Gasteiger partial charge in [0.05, 0.1) is 13.1 Å². The molecule has 0 spiro atoms. The fourth-order valence-electron chi connectivity index (χ4n) is 0.332. The van der Waals surface area contributed by atoms with Gasteiger partial charge in [0.15, 0.2) is 0 Å². The molecule has 0 aliphatic heterocycles. The minimum absolute atomic E-state index is 0.992. The lowest BCUT2D eigenvalue weighted by atomic mass is 10.3. The van der Waals surface area contributed by atoms with Gasteiger partial charge in [-0.05, 0) is 12.2 Å². The number of nitrogens with two attached hydrogens (primary N) is 1. The van der Waals surface area contributed by atoms with Crippen molar-refractivity contribution in [2.75, 3.05) is 13.1 Å². The minimum atomic E-state index is -6.00. The topological polar surface area (TPSA) is 16.6 Å². The average Bonchev–Trinajstić information content (AvgIpc) is 1.85. The Morgan fingerprint density at radius 1 is 1.00 bits per heavy atom. The van der Waals surface area contributed by atoms with E-state index in [0.717, 1.165) is 13.1 Å². The second kappa shape index (κ2) is 8.32. The van der Waals surface area contributed by atoms with E-state index in [2.05, 4.69) is 18.5 Å². The molecule has 0 aromatic heterocycles. The Morgan fingerprint density at radius 3 is 1.42 bits per heavy atom. The molecule has 0 aliphatic carbocycles. The van der Waals surface area contributed by atoms with Gasteiger partial charge in [-0.15, -0.1) is 0 Å². The zero-order valence-corrected chi connectivity index (χ0v) is 6.65. The molecule has 6 heteroatoms. The van der Waals surface area contributed by atoms with Crippen molar-refractivity contribution < 1.29 is 22.6 Å². The van der Waals surface area contributed by atoms with Crippen LogP contribution in [-0.4, -0.2) is 20.3 Å². The molecule has 0 heterocycles. The van der Waals surface area contributed by atoms with Crippen LogP contribution in [0.2, 0.25) is 0 Å². The molecule has 0 amide bonds. The molecule has 0 bridgehead atoms. The fourth-order valence-corrected chi connectivity index (χ4v) is 0.332. The van der Waals surface area contributed by atoms with Crippen LogP contribution < -0.4 is 5.32 Å². The summed E-state index contributed by atoms with van der Waals surface area (Å²) < 4.78 is 39.0. The molecule has 0 aromatic rings. The maximum absolute atomic E-state index is 9.75. The van der Waals surface area contributed by atoms with Gasteiger partial charge in [-0.3, -0.25) is 0 Å². The maximum Gasteiger partial charge on any atom is 0.673 e. The molecular weight excluding hydrogens is 173 g/mol. The Bertz CT molecular complexity index is 109. The zero-order chi connectivity index (χ0) is 10.0. The minimum Gasteiger partial charge on any atom is -0.418 e. The quantitative estimate of drug-likeness (QED) is 0.293. The lowest BCUT2D eigenvalue weighted by molar-refractivity contribution is -0.636. The van der Waals surface area contributed by atoms with Gasteiger partial charge < -0.3 is 22.6 Å². The van der Waals surface area contributed by atoms with Crippen LogP contribution in [-0.2, 0) is 0 Å². The molecule has 12 heavy (non-hydrogen) atoms. The molecular formula is C6H12BF4N. The standard InChI is InChI=1S/C6H11N.BF4/c1-3-5-7-6-4-2;2-1(3,4)5/h3-4,7H,1-2,5-6H2;/q;-1/p+1. The molecule has 0 saturated carbocycles. The summed E-state index contributed by atoms with van der Waals surface area (Å²) in [5.74, 6) is 0. The molecule has 0 atom stereocenters. The highest BCUT2D eigenvalue weighted by Gasteiger charge is 2.20. The average molecular weight is 185 g/mol. The molecule has 0 fully saturated rings. The number of hydrogen-bond donors (Lipinski definition) is 1. The maximum atomic E-state index is 9.75. The van der Waals surface area contributed by atoms with Crippen LogP contribution in [0.25, 0.3) is 0 Å². The van der Waals surface area contributed by atoms with Crippen molar-refractivity contribution in [3.05, 3.63) is 25.3 Å². The van der Waals surface area contributed by atoms with E-state index >= 15 is 0 Å². The first-order valence-electron chi connectivity index (χ1n) is 3.32. The van der Waals surface area contributed by atoms with Crippen LogP contribution in [0, 0.1) is 0 Å². The van der Waals surface area contributed by atoms with E-state index in [1.807, 2.05) is 12.2 Å². The molecule has 1 nitrogen and oxygen atoms in total. The molecule has 72 valence electrons. The highest BCUT2D eigenvalue weighted by molar-refractivity contribution is 6.50. The largest absolute Gasteiger partial charge is 0.673 e. The van der Waals surface area contributed by atoms with Gasteiger partial charge in [-0.2, -0.15) is 0 Å². The SMILES string of the molecule is C=CC[NH2+]CC=C.F[B-](F)(F)F. The summed E-state index contributed by atoms with van der Waals surface area (Å²) in [6.45, 7) is 9.12. The Kier molecular flexibility index (Phi) is 9.56. The fraction of sp³-hybridized carbons (Fsp3) is 0.333. The van der Waals surface area contributed by atoms with E-state index < -0.39 is 7.25 Å². The highest BCUT2D eigenvalue weighted by Crippen LogP contribution is 2.06. The lowest BCUT2D eigenvalue weighted by Gasteiger charge is -1.94. The third-order valence-corrected chi connectivity index (χ3v) is 0.667. The molecule has 0 aliphatic rings. The highest BCUT2D eigenvalue weighted by atomic mass is 19.5. The molecule has 2 N–H and O–H groups in total. The Balaban J connectivity index is 0. The van der Waals surface area contributed by atoms with Crippen molar-refractivity contribution in [2.45, 2.75) is 0 Å². The van der Waals surface area contributed by atoms with Crippen LogP contribution in [0.15, 0.2) is 25.3 Å². The number of hydrogen-bond acceptors (Lipinski definition) is 0. The van der Waals surface area contributed by atoms with Crippen molar-refractivity contribution >= 4 is 7.25 Å². The van der Waals surface area contributed by atoms with Crippen molar-refractivity contribution in [3.8, 4) is 0 Å². The van der Waals surface area contributed by atoms with Crippen LogP contribution in [0.4, 0.5) is 17.3 Å². The molecule has 0 rings (SSSR count). The summed E-state index contributed by atoms with van der Waals surface area (Å²) in [7, 11) is -6.00.